The highest BCUT2D eigenvalue weighted by Gasteiger charge is 2.31. The van der Waals surface area contributed by atoms with Crippen molar-refractivity contribution in [3.63, 3.8) is 0 Å². The smallest absolute Gasteiger partial charge is 0.236 e. The quantitative estimate of drug-likeness (QED) is 0.587. The van der Waals surface area contributed by atoms with Crippen LogP contribution in [-0.2, 0) is 14.3 Å². The molecule has 2 N–H and O–H groups in total. The Morgan fingerprint density at radius 1 is 0.962 bits per heavy atom. The zero-order chi connectivity index (χ0) is 18.8. The normalized spacial score (nSPS) is 20.2. The predicted molar refractivity (Wildman–Crippen MR) is 97.6 cm³/mol. The molecule has 0 bridgehead atoms. The van der Waals surface area contributed by atoms with E-state index in [0.29, 0.717) is 61.8 Å². The van der Waals surface area contributed by atoms with Crippen LogP contribution in [0, 0.1) is 0 Å². The average Bonchev–Trinajstić information content (AvgIpc) is 3.13. The fourth-order valence-electron chi connectivity index (χ4n) is 2.57. The third-order valence-electron chi connectivity index (χ3n) is 3.84. The van der Waals surface area contributed by atoms with E-state index in [0.717, 1.165) is 0 Å². The van der Waals surface area contributed by atoms with Crippen LogP contribution >= 0.6 is 0 Å². The van der Waals surface area contributed by atoms with E-state index in [1.807, 2.05) is 39.8 Å². The van der Waals surface area contributed by atoms with E-state index >= 15 is 0 Å². The summed E-state index contributed by atoms with van der Waals surface area (Å²) in [4.78, 5) is 18.4. The Labute approximate surface area is 153 Å². The zero-order valence-electron chi connectivity index (χ0n) is 15.7. The standard InChI is InChI=1S/C18H26N4O4/c1-17(2)10-24-15(21-17)13-8-12(23-6-5-7-26-19)9-14(20-13)16-22-18(3,4)11-25-16/h8-9H,5-7,10-11,19H2,1-4H3. The number of nitrogens with zero attached hydrogens (tertiary/aromatic N) is 3. The Morgan fingerprint density at radius 2 is 1.50 bits per heavy atom. The molecule has 0 saturated carbocycles. The van der Waals surface area contributed by atoms with Gasteiger partial charge in [0.25, 0.3) is 0 Å². The molecule has 3 heterocycles. The lowest BCUT2D eigenvalue weighted by molar-refractivity contribution is 0.122. The summed E-state index contributed by atoms with van der Waals surface area (Å²) in [5.41, 5.74) is 0.675. The van der Waals surface area contributed by atoms with Crippen LogP contribution in [0.5, 0.6) is 5.75 Å². The van der Waals surface area contributed by atoms with Gasteiger partial charge < -0.3 is 19.0 Å². The molecule has 0 spiro atoms. The van der Waals surface area contributed by atoms with Gasteiger partial charge in [-0.05, 0) is 27.7 Å². The fourth-order valence-corrected chi connectivity index (χ4v) is 2.57. The van der Waals surface area contributed by atoms with Crippen molar-refractivity contribution in [1.29, 1.82) is 0 Å². The molecule has 1 aromatic rings. The van der Waals surface area contributed by atoms with Gasteiger partial charge in [-0.2, -0.15) is 0 Å². The molecule has 0 amide bonds. The SMILES string of the molecule is CC1(C)COC(c2cc(OCCCON)cc(C3=NC(C)(C)CO3)n2)=N1. The van der Waals surface area contributed by atoms with Crippen LogP contribution in [0.3, 0.4) is 0 Å². The molecule has 0 saturated heterocycles. The summed E-state index contributed by atoms with van der Waals surface area (Å²) in [6.07, 6.45) is 0.679. The van der Waals surface area contributed by atoms with E-state index < -0.39 is 0 Å². The number of hydrogen-bond acceptors (Lipinski definition) is 8. The minimum Gasteiger partial charge on any atom is -0.493 e. The van der Waals surface area contributed by atoms with Gasteiger partial charge in [0.05, 0.1) is 24.3 Å². The van der Waals surface area contributed by atoms with Crippen molar-refractivity contribution in [1.82, 2.24) is 4.98 Å². The van der Waals surface area contributed by atoms with Crippen LogP contribution in [-0.4, -0.2) is 54.3 Å². The summed E-state index contributed by atoms with van der Waals surface area (Å²) in [7, 11) is 0. The molecule has 3 rings (SSSR count). The van der Waals surface area contributed by atoms with Gasteiger partial charge >= 0.3 is 0 Å². The maximum Gasteiger partial charge on any atom is 0.236 e. The second-order valence-corrected chi connectivity index (χ2v) is 7.68. The summed E-state index contributed by atoms with van der Waals surface area (Å²) in [6.45, 7) is 9.99. The molecule has 2 aliphatic heterocycles. The maximum atomic E-state index is 5.82. The number of pyridine rings is 1. The molecular weight excluding hydrogens is 336 g/mol. The Bertz CT molecular complexity index is 676. The van der Waals surface area contributed by atoms with Crippen LogP contribution in [0.15, 0.2) is 22.1 Å². The van der Waals surface area contributed by atoms with Crippen LogP contribution in [0.4, 0.5) is 0 Å². The number of hydrogen-bond donors (Lipinski definition) is 1. The molecule has 8 heteroatoms. The highest BCUT2D eigenvalue weighted by atomic mass is 16.6. The first-order chi connectivity index (χ1) is 12.3. The molecule has 142 valence electrons. The first-order valence-electron chi connectivity index (χ1n) is 8.71. The van der Waals surface area contributed by atoms with Crippen molar-refractivity contribution in [3.8, 4) is 5.75 Å². The molecule has 0 fully saturated rings. The lowest BCUT2D eigenvalue weighted by atomic mass is 10.1. The Hall–Kier alpha value is -2.19. The summed E-state index contributed by atoms with van der Waals surface area (Å²) in [6, 6.07) is 3.63. The van der Waals surface area contributed by atoms with E-state index in [9.17, 15) is 0 Å². The second kappa shape index (κ2) is 7.20. The van der Waals surface area contributed by atoms with Crippen LogP contribution < -0.4 is 10.6 Å². The molecule has 0 atom stereocenters. The Kier molecular flexibility index (Phi) is 5.15. The van der Waals surface area contributed by atoms with Crippen LogP contribution in [0.1, 0.15) is 45.5 Å². The largest absolute Gasteiger partial charge is 0.493 e. The second-order valence-electron chi connectivity index (χ2n) is 7.68. The maximum absolute atomic E-state index is 5.82. The van der Waals surface area contributed by atoms with Crippen molar-refractivity contribution in [3.05, 3.63) is 23.5 Å². The molecular formula is C18H26N4O4. The third-order valence-corrected chi connectivity index (χ3v) is 3.84. The topological polar surface area (TPSA) is 101 Å². The van der Waals surface area contributed by atoms with Gasteiger partial charge in [0.15, 0.2) is 0 Å². The van der Waals surface area contributed by atoms with Crippen molar-refractivity contribution in [2.75, 3.05) is 26.4 Å². The van der Waals surface area contributed by atoms with Crippen molar-refractivity contribution in [2.24, 2.45) is 15.9 Å². The number of nitrogens with two attached hydrogens (primary N) is 1. The number of aromatic nitrogens is 1. The van der Waals surface area contributed by atoms with Gasteiger partial charge in [-0.3, -0.25) is 0 Å². The lowest BCUT2D eigenvalue weighted by Crippen LogP contribution is -2.17. The summed E-state index contributed by atoms with van der Waals surface area (Å²) < 4.78 is 17.3. The summed E-state index contributed by atoms with van der Waals surface area (Å²) >= 11 is 0. The van der Waals surface area contributed by atoms with E-state index in [-0.39, 0.29) is 11.1 Å². The van der Waals surface area contributed by atoms with Gasteiger partial charge in [-0.15, -0.1) is 0 Å². The molecule has 26 heavy (non-hydrogen) atoms. The van der Waals surface area contributed by atoms with Gasteiger partial charge in [-0.1, -0.05) is 0 Å². The minimum atomic E-state index is -0.268. The summed E-state index contributed by atoms with van der Waals surface area (Å²) in [5.74, 6) is 6.70. The number of aliphatic imine (C=N–C) groups is 2. The Balaban J connectivity index is 1.90. The highest BCUT2D eigenvalue weighted by molar-refractivity contribution is 5.98. The third kappa shape index (κ3) is 4.50. The highest BCUT2D eigenvalue weighted by Crippen LogP contribution is 2.25. The van der Waals surface area contributed by atoms with Gasteiger partial charge in [0.2, 0.25) is 11.8 Å². The molecule has 0 unspecified atom stereocenters. The molecule has 2 aliphatic rings. The molecule has 0 aromatic carbocycles. The first kappa shape index (κ1) is 18.6. The van der Waals surface area contributed by atoms with E-state index in [2.05, 4.69) is 19.8 Å². The fraction of sp³-hybridized carbons (Fsp3) is 0.611. The van der Waals surface area contributed by atoms with Gasteiger partial charge in [0.1, 0.15) is 30.4 Å². The van der Waals surface area contributed by atoms with E-state index in [4.69, 9.17) is 20.1 Å². The van der Waals surface area contributed by atoms with Crippen molar-refractivity contribution in [2.45, 2.75) is 45.2 Å². The molecule has 8 nitrogen and oxygen atoms in total. The van der Waals surface area contributed by atoms with Crippen LogP contribution in [0.25, 0.3) is 0 Å². The number of rotatable bonds is 7. The van der Waals surface area contributed by atoms with Crippen molar-refractivity contribution >= 4 is 11.8 Å². The van der Waals surface area contributed by atoms with E-state index in [1.165, 1.54) is 0 Å². The zero-order valence-corrected chi connectivity index (χ0v) is 15.7. The lowest BCUT2D eigenvalue weighted by Gasteiger charge is -2.10. The van der Waals surface area contributed by atoms with Crippen LogP contribution in [0.2, 0.25) is 0 Å². The monoisotopic (exact) mass is 362 g/mol. The molecule has 0 radical (unpaired) electrons. The van der Waals surface area contributed by atoms with Gasteiger partial charge in [-0.25, -0.2) is 20.9 Å². The minimum absolute atomic E-state index is 0.268. The Morgan fingerprint density at radius 3 is 1.92 bits per heavy atom. The van der Waals surface area contributed by atoms with E-state index in [1.54, 1.807) is 0 Å². The van der Waals surface area contributed by atoms with Gasteiger partial charge in [0, 0.05) is 18.6 Å². The average molecular weight is 362 g/mol. The summed E-state index contributed by atoms with van der Waals surface area (Å²) in [5, 5.41) is 0. The predicted octanol–water partition coefficient (Wildman–Crippen LogP) is 1.85. The number of ether oxygens (including phenoxy) is 3. The molecule has 1 aromatic heterocycles. The van der Waals surface area contributed by atoms with Crippen molar-refractivity contribution < 1.29 is 19.0 Å². The first-order valence-corrected chi connectivity index (χ1v) is 8.71. The molecule has 0 aliphatic carbocycles.